The maximum absolute atomic E-state index is 12.6. The van der Waals surface area contributed by atoms with Crippen molar-refractivity contribution in [3.8, 4) is 0 Å². The summed E-state index contributed by atoms with van der Waals surface area (Å²) < 4.78 is 0. The second-order valence-electron chi connectivity index (χ2n) is 7.41. The van der Waals surface area contributed by atoms with E-state index in [-0.39, 0.29) is 28.8 Å². The Labute approximate surface area is 158 Å². The lowest BCUT2D eigenvalue weighted by molar-refractivity contribution is -0.383. The van der Waals surface area contributed by atoms with E-state index >= 15 is 0 Å². The number of amides is 2. The van der Waals surface area contributed by atoms with Crippen LogP contribution >= 0.6 is 0 Å². The highest BCUT2D eigenvalue weighted by Gasteiger charge is 2.27. The third-order valence-corrected chi connectivity index (χ3v) is 5.58. The van der Waals surface area contributed by atoms with Gasteiger partial charge in [0, 0.05) is 44.2 Å². The molecule has 1 heterocycles. The number of nitro benzene ring substituents is 1. The van der Waals surface area contributed by atoms with Crippen LogP contribution in [-0.2, 0) is 4.79 Å². The fraction of sp³-hybridized carbons (Fsp3) is 0.579. The molecule has 8 heteroatoms. The number of hydrogen-bond acceptors (Lipinski definition) is 5. The lowest BCUT2D eigenvalue weighted by Crippen LogP contribution is -2.50. The van der Waals surface area contributed by atoms with Gasteiger partial charge in [-0.05, 0) is 30.9 Å². The monoisotopic (exact) mass is 374 g/mol. The van der Waals surface area contributed by atoms with Gasteiger partial charge in [0.25, 0.3) is 11.6 Å². The third kappa shape index (κ3) is 4.56. The van der Waals surface area contributed by atoms with Gasteiger partial charge >= 0.3 is 0 Å². The van der Waals surface area contributed by atoms with Gasteiger partial charge in [-0.1, -0.05) is 19.3 Å². The maximum atomic E-state index is 12.6. The predicted molar refractivity (Wildman–Crippen MR) is 101 cm³/mol. The molecule has 27 heavy (non-hydrogen) atoms. The molecule has 0 radical (unpaired) electrons. The summed E-state index contributed by atoms with van der Waals surface area (Å²) >= 11 is 0. The number of piperazine rings is 1. The van der Waals surface area contributed by atoms with Gasteiger partial charge in [0.15, 0.2) is 0 Å². The molecular weight excluding hydrogens is 348 g/mol. The number of hydrogen-bond donors (Lipinski definition) is 1. The fourth-order valence-corrected chi connectivity index (χ4v) is 3.94. The van der Waals surface area contributed by atoms with E-state index in [1.807, 2.05) is 4.90 Å². The summed E-state index contributed by atoms with van der Waals surface area (Å²) in [5.74, 6) is 0.413. The molecule has 0 unspecified atom stereocenters. The van der Waals surface area contributed by atoms with Gasteiger partial charge in [0.05, 0.1) is 4.92 Å². The minimum Gasteiger partial charge on any atom is -0.393 e. The number of nitrogens with two attached hydrogens (primary N) is 1. The first kappa shape index (κ1) is 19.1. The minimum absolute atomic E-state index is 0.0367. The average Bonchev–Trinajstić information content (AvgIpc) is 2.68. The Hall–Kier alpha value is -2.64. The summed E-state index contributed by atoms with van der Waals surface area (Å²) in [4.78, 5) is 39.0. The predicted octanol–water partition coefficient (Wildman–Crippen LogP) is 2.43. The molecule has 8 nitrogen and oxygen atoms in total. The average molecular weight is 374 g/mol. The van der Waals surface area contributed by atoms with E-state index in [4.69, 9.17) is 5.73 Å². The van der Waals surface area contributed by atoms with E-state index in [1.54, 1.807) is 4.90 Å². The molecule has 2 aliphatic rings. The van der Waals surface area contributed by atoms with Crippen LogP contribution in [0, 0.1) is 16.0 Å². The van der Waals surface area contributed by atoms with Crippen LogP contribution < -0.4 is 5.73 Å². The first-order chi connectivity index (χ1) is 13.0. The number of nitrogens with zero attached hydrogens (tertiary/aromatic N) is 3. The van der Waals surface area contributed by atoms with E-state index in [1.165, 1.54) is 37.5 Å². The number of nitrogen functional groups attached to an aromatic ring is 1. The SMILES string of the molecule is Nc1ccc(C(=O)N2CCN(C(=O)CC3CCCCC3)CC2)cc1[N+](=O)[O-]. The molecule has 2 amide bonds. The molecule has 1 aliphatic heterocycles. The van der Waals surface area contributed by atoms with Gasteiger partial charge in [-0.3, -0.25) is 19.7 Å². The largest absolute Gasteiger partial charge is 0.393 e. The molecule has 0 spiro atoms. The van der Waals surface area contributed by atoms with E-state index in [0.29, 0.717) is 38.5 Å². The Kier molecular flexibility index (Phi) is 5.93. The standard InChI is InChI=1S/C19H26N4O4/c20-16-7-6-15(13-17(16)23(26)27)19(25)22-10-8-21(9-11-22)18(24)12-14-4-2-1-3-5-14/h6-7,13-14H,1-5,8-12,20H2. The van der Waals surface area contributed by atoms with Gasteiger partial charge in [-0.2, -0.15) is 0 Å². The van der Waals surface area contributed by atoms with E-state index in [2.05, 4.69) is 0 Å². The second kappa shape index (κ2) is 8.37. The minimum atomic E-state index is -0.589. The molecule has 1 aliphatic carbocycles. The topological polar surface area (TPSA) is 110 Å². The summed E-state index contributed by atoms with van der Waals surface area (Å²) in [6.07, 6.45) is 6.59. The lowest BCUT2D eigenvalue weighted by atomic mass is 9.86. The molecule has 1 saturated heterocycles. The highest BCUT2D eigenvalue weighted by Crippen LogP contribution is 2.27. The van der Waals surface area contributed by atoms with Crippen LogP contribution in [0.2, 0.25) is 0 Å². The van der Waals surface area contributed by atoms with Crippen molar-refractivity contribution in [2.24, 2.45) is 5.92 Å². The molecule has 1 aromatic rings. The lowest BCUT2D eigenvalue weighted by Gasteiger charge is -2.35. The van der Waals surface area contributed by atoms with E-state index < -0.39 is 4.92 Å². The molecule has 2 N–H and O–H groups in total. The van der Waals surface area contributed by atoms with Crippen molar-refractivity contribution in [3.63, 3.8) is 0 Å². The smallest absolute Gasteiger partial charge is 0.292 e. The summed E-state index contributed by atoms with van der Waals surface area (Å²) in [6.45, 7) is 1.89. The number of rotatable bonds is 4. The van der Waals surface area contributed by atoms with Gasteiger partial charge in [0.1, 0.15) is 5.69 Å². The van der Waals surface area contributed by atoms with Crippen molar-refractivity contribution in [2.45, 2.75) is 38.5 Å². The highest BCUT2D eigenvalue weighted by atomic mass is 16.6. The van der Waals surface area contributed by atoms with Gasteiger partial charge in [-0.25, -0.2) is 0 Å². The van der Waals surface area contributed by atoms with Crippen molar-refractivity contribution in [3.05, 3.63) is 33.9 Å². The molecule has 3 rings (SSSR count). The zero-order valence-corrected chi connectivity index (χ0v) is 15.4. The van der Waals surface area contributed by atoms with Gasteiger partial charge in [0.2, 0.25) is 5.91 Å². The van der Waals surface area contributed by atoms with E-state index in [0.717, 1.165) is 12.8 Å². The summed E-state index contributed by atoms with van der Waals surface area (Å²) in [5, 5.41) is 11.0. The molecule has 0 aromatic heterocycles. The Morgan fingerprint density at radius 1 is 1.07 bits per heavy atom. The molecule has 0 bridgehead atoms. The van der Waals surface area contributed by atoms with Crippen LogP contribution in [-0.4, -0.2) is 52.7 Å². The maximum Gasteiger partial charge on any atom is 0.292 e. The van der Waals surface area contributed by atoms with Crippen molar-refractivity contribution in [1.29, 1.82) is 0 Å². The zero-order valence-electron chi connectivity index (χ0n) is 15.4. The first-order valence-corrected chi connectivity index (χ1v) is 9.56. The molecule has 1 saturated carbocycles. The number of carbonyl (C=O) groups is 2. The Bertz CT molecular complexity index is 722. The van der Waals surface area contributed by atoms with Crippen LogP contribution in [0.3, 0.4) is 0 Å². The number of carbonyl (C=O) groups excluding carboxylic acids is 2. The molecule has 0 atom stereocenters. The summed E-state index contributed by atoms with van der Waals surface area (Å²) in [5.41, 5.74) is 5.61. The van der Waals surface area contributed by atoms with Crippen molar-refractivity contribution in [2.75, 3.05) is 31.9 Å². The van der Waals surface area contributed by atoms with Gasteiger partial charge < -0.3 is 15.5 Å². The third-order valence-electron chi connectivity index (χ3n) is 5.58. The van der Waals surface area contributed by atoms with Crippen molar-refractivity contribution >= 4 is 23.2 Å². The van der Waals surface area contributed by atoms with Crippen LogP contribution in [0.5, 0.6) is 0 Å². The highest BCUT2D eigenvalue weighted by molar-refractivity contribution is 5.95. The first-order valence-electron chi connectivity index (χ1n) is 9.56. The molecule has 1 aromatic carbocycles. The molecule has 146 valence electrons. The number of benzene rings is 1. The normalized spacial score (nSPS) is 18.4. The zero-order chi connectivity index (χ0) is 19.4. The fourth-order valence-electron chi connectivity index (χ4n) is 3.94. The van der Waals surface area contributed by atoms with Crippen LogP contribution in [0.25, 0.3) is 0 Å². The Morgan fingerprint density at radius 2 is 1.70 bits per heavy atom. The quantitative estimate of drug-likeness (QED) is 0.494. The number of nitro groups is 1. The Balaban J connectivity index is 1.55. The van der Waals surface area contributed by atoms with Crippen molar-refractivity contribution < 1.29 is 14.5 Å². The summed E-state index contributed by atoms with van der Waals surface area (Å²) in [7, 11) is 0. The molecular formula is C19H26N4O4. The van der Waals surface area contributed by atoms with Crippen LogP contribution in [0.1, 0.15) is 48.9 Å². The van der Waals surface area contributed by atoms with Crippen molar-refractivity contribution in [1.82, 2.24) is 9.80 Å². The Morgan fingerprint density at radius 3 is 2.33 bits per heavy atom. The van der Waals surface area contributed by atoms with Crippen LogP contribution in [0.15, 0.2) is 18.2 Å². The van der Waals surface area contributed by atoms with Crippen LogP contribution in [0.4, 0.5) is 11.4 Å². The van der Waals surface area contributed by atoms with E-state index in [9.17, 15) is 19.7 Å². The summed E-state index contributed by atoms with van der Waals surface area (Å²) in [6, 6.07) is 4.11. The second-order valence-corrected chi connectivity index (χ2v) is 7.41. The molecule has 2 fully saturated rings. The van der Waals surface area contributed by atoms with Gasteiger partial charge in [-0.15, -0.1) is 0 Å². The number of anilines is 1.